The second-order valence-electron chi connectivity index (χ2n) is 23.6. The van der Waals surface area contributed by atoms with Gasteiger partial charge in [0.25, 0.3) is 0 Å². The lowest BCUT2D eigenvalue weighted by atomic mass is 10.0. The van der Waals surface area contributed by atoms with E-state index in [1.165, 1.54) is 4.90 Å². The van der Waals surface area contributed by atoms with Crippen molar-refractivity contribution < 1.29 is 65.8 Å². The Morgan fingerprint density at radius 2 is 1.09 bits per heavy atom. The Morgan fingerprint density at radius 1 is 0.648 bits per heavy atom. The number of carbonyl (C=O) groups excluding carboxylic acids is 3. The lowest BCUT2D eigenvalue weighted by Crippen LogP contribution is -2.47. The highest BCUT2D eigenvalue weighted by atomic mass is 79.9. The molecule has 4 atom stereocenters. The van der Waals surface area contributed by atoms with Gasteiger partial charge in [0, 0.05) is 19.0 Å². The Kier molecular flexibility index (Phi) is 30.7. The summed E-state index contributed by atoms with van der Waals surface area (Å²) in [7, 11) is 0. The molecule has 504 valence electrons. The molecule has 0 saturated carbocycles. The predicted octanol–water partition coefficient (Wildman–Crippen LogP) is 17.0. The minimum Gasteiger partial charge on any atom is -0.444 e. The van der Waals surface area contributed by atoms with Crippen LogP contribution in [0.4, 0.5) is 31.9 Å². The molecule has 5 N–H and O–H groups in total. The molecule has 2 fully saturated rings. The van der Waals surface area contributed by atoms with Gasteiger partial charge in [-0.3, -0.25) is 9.80 Å². The normalized spacial score (nSPS) is 16.5. The smallest absolute Gasteiger partial charge is 0.413 e. The number of amides is 3. The van der Waals surface area contributed by atoms with Crippen LogP contribution in [-0.4, -0.2) is 123 Å². The van der Waals surface area contributed by atoms with Crippen molar-refractivity contribution in [1.82, 2.24) is 44.6 Å². The van der Waals surface area contributed by atoms with Crippen molar-refractivity contribution in [3.63, 3.8) is 0 Å². The fraction of sp³-hybridized carbons (Fsp3) is 0.475. The van der Waals surface area contributed by atoms with E-state index >= 15 is 0 Å². The van der Waals surface area contributed by atoms with Crippen LogP contribution in [0.1, 0.15) is 150 Å². The number of aliphatic hydroxyl groups excluding tert-OH is 2. The van der Waals surface area contributed by atoms with Crippen LogP contribution in [0.25, 0.3) is 11.4 Å². The van der Waals surface area contributed by atoms with Gasteiger partial charge in [0.15, 0.2) is 5.82 Å². The van der Waals surface area contributed by atoms with E-state index in [0.717, 1.165) is 44.6 Å². The van der Waals surface area contributed by atoms with Crippen molar-refractivity contribution in [1.29, 1.82) is 0 Å². The topological polar surface area (TPSA) is 244 Å². The van der Waals surface area contributed by atoms with Crippen molar-refractivity contribution in [2.75, 3.05) is 26.4 Å². The quantitative estimate of drug-likeness (QED) is 0.0736. The number of hydrogen-bond acceptors (Lipinski definition) is 15. The molecule has 91 heavy (non-hydrogen) atoms. The van der Waals surface area contributed by atoms with Crippen LogP contribution in [-0.2, 0) is 23.7 Å². The highest BCUT2D eigenvalue weighted by Crippen LogP contribution is 2.42. The number of aromatic nitrogens is 6. The molecule has 3 amide bonds. The van der Waals surface area contributed by atoms with E-state index in [2.05, 4.69) is 73.3 Å². The van der Waals surface area contributed by atoms with Gasteiger partial charge < -0.3 is 44.9 Å². The van der Waals surface area contributed by atoms with Crippen LogP contribution in [0.2, 0.25) is 20.1 Å². The number of carbonyl (C=O) groups is 3. The number of benzene rings is 4. The summed E-state index contributed by atoms with van der Waals surface area (Å²) in [5.41, 5.74) is 5.66. The van der Waals surface area contributed by atoms with Gasteiger partial charge in [-0.25, -0.2) is 24.4 Å². The summed E-state index contributed by atoms with van der Waals surface area (Å²) in [5.74, 6) is -0.0613. The number of rotatable bonds is 10. The fourth-order valence-electron chi connectivity index (χ4n) is 8.22. The van der Waals surface area contributed by atoms with Gasteiger partial charge in [0.05, 0.1) is 70.7 Å². The number of halogens is 12. The number of alkyl halides is 4. The van der Waals surface area contributed by atoms with Crippen molar-refractivity contribution in [2.24, 2.45) is 5.73 Å². The molecule has 0 spiro atoms. The Balaban J connectivity index is 0.000000313. The van der Waals surface area contributed by atoms with Crippen LogP contribution in [0.3, 0.4) is 0 Å². The van der Waals surface area contributed by atoms with E-state index < -0.39 is 65.6 Å². The van der Waals surface area contributed by atoms with E-state index in [0.29, 0.717) is 41.1 Å². The molecule has 0 unspecified atom stereocenters. The maximum absolute atomic E-state index is 13.2. The van der Waals surface area contributed by atoms with E-state index in [9.17, 15) is 37.1 Å². The second kappa shape index (κ2) is 34.7. The number of nitrogens with zero attached hydrogens (tertiary/aromatic N) is 8. The molecule has 2 aliphatic rings. The standard InChI is InChI=1S/C19H23ClF2N4O3.C16H21BrClNO3.C13H17BrClNO3.C8H9BrClNO.C3H3F2N3.ClH/c1-18(2,3)29-17(27)25-14(9-28-19(25,4)5)11-6-7-13(20)12(8-11)15-23-10-24-26(15)16(21)22;1-15(2,3)22-14(20)19-13(9-21-16(19,4)5)10-6-7-12(18)11(17)8-10;1-13(2,3)19-12(18)16-11(7-17)8-4-5-10(15)9(14)6-8;9-6-3-5(8(11)4-12)1-2-7(6)10;4-3(5)8-2-6-1-7-8;/h6-8,10,14,16H,9H2,1-5H3;6-8,13H,9H2,1-5H3;4-6,11,17H,7H2,1-3H3,(H,16,18);1-3,8,12H,4,11H2;1-3H;1H/t14-;13-;11-;8-;;/m1111../s1. The van der Waals surface area contributed by atoms with Crippen molar-refractivity contribution >= 4 is 125 Å². The number of hydrogen-bond donors (Lipinski definition) is 4. The van der Waals surface area contributed by atoms with Crippen LogP contribution < -0.4 is 11.1 Å². The maximum Gasteiger partial charge on any atom is 0.413 e. The molecule has 8 rings (SSSR count). The van der Waals surface area contributed by atoms with Crippen LogP contribution in [0.15, 0.2) is 105 Å². The molecular weight excluding hydrogens is 1500 g/mol. The zero-order chi connectivity index (χ0) is 68.0. The fourth-order valence-corrected chi connectivity index (χ4v) is 9.96. The summed E-state index contributed by atoms with van der Waals surface area (Å²) in [6.07, 6.45) is 1.58. The Hall–Kier alpha value is -4.62. The van der Waals surface area contributed by atoms with Crippen LogP contribution in [0.5, 0.6) is 0 Å². The monoisotopic (exact) mass is 1570 g/mol. The van der Waals surface area contributed by atoms with Gasteiger partial charge >= 0.3 is 31.4 Å². The third kappa shape index (κ3) is 24.6. The van der Waals surface area contributed by atoms with E-state index in [1.54, 1.807) is 115 Å². The van der Waals surface area contributed by atoms with Gasteiger partial charge in [-0.2, -0.15) is 37.1 Å². The highest BCUT2D eigenvalue weighted by molar-refractivity contribution is 9.11. The zero-order valence-corrected chi connectivity index (χ0v) is 60.4. The molecule has 2 saturated heterocycles. The Bertz CT molecular complexity index is 3350. The molecule has 2 aromatic heterocycles. The molecule has 4 heterocycles. The first kappa shape index (κ1) is 80.6. The third-order valence-electron chi connectivity index (χ3n) is 12.3. The Labute approximate surface area is 577 Å². The molecule has 2 aliphatic heterocycles. The SMILES string of the molecule is CC(C)(C)OC(=O)N1[C@@H](c2ccc(Cl)c(-c3ncnn3C(F)F)c2)COC1(C)C.CC(C)(C)OC(=O)N1[C@@H](c2ccc(Cl)c(Br)c2)COC1(C)C.CC(C)(C)OC(=O)N[C@H](CO)c1ccc(Cl)c(Br)c1.Cl.FC(F)n1cncn1.N[C@H](CO)c1ccc(Cl)c(Br)c1. The van der Waals surface area contributed by atoms with Gasteiger partial charge in [-0.15, -0.1) is 12.4 Å². The van der Waals surface area contributed by atoms with Crippen LogP contribution in [0, 0.1) is 0 Å². The van der Waals surface area contributed by atoms with E-state index in [1.807, 2.05) is 52.8 Å². The molecule has 20 nitrogen and oxygen atoms in total. The number of nitrogens with one attached hydrogen (secondary N) is 1. The second-order valence-corrected chi connectivity index (χ2v) is 27.8. The number of aliphatic hydroxyl groups is 2. The summed E-state index contributed by atoms with van der Waals surface area (Å²) in [5, 5.41) is 29.6. The molecule has 32 heteroatoms. The lowest BCUT2D eigenvalue weighted by Gasteiger charge is -2.35. The first-order valence-corrected chi connectivity index (χ1v) is 31.2. The largest absolute Gasteiger partial charge is 0.444 e. The average Bonchev–Trinajstić information content (AvgIpc) is 1.70. The average molecular weight is 1580 g/mol. The molecule has 0 bridgehead atoms. The van der Waals surface area contributed by atoms with Crippen molar-refractivity contribution in [2.45, 2.75) is 156 Å². The lowest BCUT2D eigenvalue weighted by molar-refractivity contribution is -0.0637. The summed E-state index contributed by atoms with van der Waals surface area (Å²) in [6.45, 7) is 18.4. The Morgan fingerprint density at radius 3 is 1.48 bits per heavy atom. The molecular formula is C59H74Br3Cl5F4N10O10. The van der Waals surface area contributed by atoms with E-state index in [-0.39, 0.29) is 66.8 Å². The number of ether oxygens (including phenoxy) is 5. The molecule has 0 aliphatic carbocycles. The zero-order valence-electron chi connectivity index (χ0n) is 51.8. The minimum absolute atomic E-state index is 0. The summed E-state index contributed by atoms with van der Waals surface area (Å²) >= 11 is 34.0. The molecule has 6 aromatic rings. The van der Waals surface area contributed by atoms with Gasteiger partial charge in [0.2, 0.25) is 0 Å². The van der Waals surface area contributed by atoms with Gasteiger partial charge in [-0.05, 0) is 209 Å². The molecule has 0 radical (unpaired) electrons. The van der Waals surface area contributed by atoms with Crippen molar-refractivity contribution in [3.8, 4) is 11.4 Å². The summed E-state index contributed by atoms with van der Waals surface area (Å²) in [4.78, 5) is 47.5. The van der Waals surface area contributed by atoms with Crippen molar-refractivity contribution in [3.05, 3.63) is 148 Å². The minimum atomic E-state index is -2.86. The van der Waals surface area contributed by atoms with Gasteiger partial charge in [0.1, 0.15) is 47.2 Å². The van der Waals surface area contributed by atoms with E-state index in [4.69, 9.17) is 80.9 Å². The van der Waals surface area contributed by atoms with Gasteiger partial charge in [-0.1, -0.05) is 70.7 Å². The highest BCUT2D eigenvalue weighted by Gasteiger charge is 2.48. The third-order valence-corrected chi connectivity index (χ3v) is 16.3. The van der Waals surface area contributed by atoms with Crippen LogP contribution >= 0.6 is 107 Å². The summed E-state index contributed by atoms with van der Waals surface area (Å²) in [6, 6.07) is 19.5. The first-order valence-electron chi connectivity index (χ1n) is 27.3. The summed E-state index contributed by atoms with van der Waals surface area (Å²) < 4.78 is 80.5. The maximum atomic E-state index is 13.2. The first-order chi connectivity index (χ1) is 41.6. The number of nitrogens with two attached hydrogens (primary N) is 1. The number of alkyl carbamates (subject to hydrolysis) is 1. The molecule has 4 aromatic carbocycles. The predicted molar refractivity (Wildman–Crippen MR) is 353 cm³/mol.